The molecular weight excluding hydrogens is 228 g/mol. The lowest BCUT2D eigenvalue weighted by Gasteiger charge is -2.28. The molecule has 1 aliphatic rings. The Morgan fingerprint density at radius 3 is 2.67 bits per heavy atom. The first-order chi connectivity index (χ1) is 8.54. The van der Waals surface area contributed by atoms with Gasteiger partial charge in [-0.25, -0.2) is 4.79 Å². The largest absolute Gasteiger partial charge is 0.465 e. The van der Waals surface area contributed by atoms with E-state index >= 15 is 0 Å². The van der Waals surface area contributed by atoms with Gasteiger partial charge in [-0.15, -0.1) is 0 Å². The number of carbonyl (C=O) groups is 1. The van der Waals surface area contributed by atoms with Crippen LogP contribution in [-0.2, 0) is 4.74 Å². The van der Waals surface area contributed by atoms with Crippen molar-refractivity contribution in [3.8, 4) is 0 Å². The molecule has 0 spiro atoms. The van der Waals surface area contributed by atoms with Gasteiger partial charge in [0, 0.05) is 13.1 Å². The number of rotatable bonds is 4. The molecule has 0 bridgehead atoms. The standard InChI is InChI=1S/C14H20N2O2/c1-9(10-4-5-10)16(2)13-7-6-11(8-12(13)15)14(17)18-3/h6-10H,4-5,15H2,1-3H3. The second kappa shape index (κ2) is 4.88. The third kappa shape index (κ3) is 2.42. The monoisotopic (exact) mass is 248 g/mol. The van der Waals surface area contributed by atoms with Crippen LogP contribution >= 0.6 is 0 Å². The van der Waals surface area contributed by atoms with Crippen molar-refractivity contribution in [2.75, 3.05) is 24.8 Å². The molecule has 18 heavy (non-hydrogen) atoms. The molecule has 1 unspecified atom stereocenters. The zero-order valence-electron chi connectivity index (χ0n) is 11.1. The van der Waals surface area contributed by atoms with Crippen molar-refractivity contribution in [2.24, 2.45) is 5.92 Å². The number of hydrogen-bond acceptors (Lipinski definition) is 4. The van der Waals surface area contributed by atoms with Crippen molar-refractivity contribution in [1.82, 2.24) is 0 Å². The van der Waals surface area contributed by atoms with Crippen LogP contribution in [0, 0.1) is 5.92 Å². The highest BCUT2D eigenvalue weighted by atomic mass is 16.5. The van der Waals surface area contributed by atoms with Gasteiger partial charge in [-0.2, -0.15) is 0 Å². The van der Waals surface area contributed by atoms with E-state index in [0.29, 0.717) is 17.3 Å². The highest BCUT2D eigenvalue weighted by molar-refractivity contribution is 5.91. The Balaban J connectivity index is 2.20. The van der Waals surface area contributed by atoms with Crippen molar-refractivity contribution in [3.05, 3.63) is 23.8 Å². The maximum Gasteiger partial charge on any atom is 0.337 e. The maximum atomic E-state index is 11.4. The van der Waals surface area contributed by atoms with Crippen molar-refractivity contribution in [3.63, 3.8) is 0 Å². The summed E-state index contributed by atoms with van der Waals surface area (Å²) in [5.74, 6) is 0.417. The van der Waals surface area contributed by atoms with Crippen LogP contribution in [0.3, 0.4) is 0 Å². The average Bonchev–Trinajstić information content (AvgIpc) is 3.20. The molecule has 1 aromatic carbocycles. The number of methoxy groups -OCH3 is 1. The Morgan fingerprint density at radius 2 is 2.17 bits per heavy atom. The summed E-state index contributed by atoms with van der Waals surface area (Å²) < 4.78 is 4.68. The summed E-state index contributed by atoms with van der Waals surface area (Å²) in [7, 11) is 3.42. The summed E-state index contributed by atoms with van der Waals surface area (Å²) in [6.07, 6.45) is 2.59. The van der Waals surface area contributed by atoms with Crippen molar-refractivity contribution < 1.29 is 9.53 Å². The van der Waals surface area contributed by atoms with Crippen LogP contribution in [0.1, 0.15) is 30.1 Å². The van der Waals surface area contributed by atoms with E-state index in [1.165, 1.54) is 20.0 Å². The van der Waals surface area contributed by atoms with Crippen molar-refractivity contribution in [2.45, 2.75) is 25.8 Å². The minimum atomic E-state index is -0.355. The number of benzene rings is 1. The van der Waals surface area contributed by atoms with Gasteiger partial charge >= 0.3 is 5.97 Å². The van der Waals surface area contributed by atoms with E-state index in [9.17, 15) is 4.79 Å². The van der Waals surface area contributed by atoms with E-state index in [-0.39, 0.29) is 5.97 Å². The van der Waals surface area contributed by atoms with Crippen LogP contribution in [-0.4, -0.2) is 26.2 Å². The zero-order valence-corrected chi connectivity index (χ0v) is 11.1. The number of anilines is 2. The summed E-state index contributed by atoms with van der Waals surface area (Å²) in [5.41, 5.74) is 8.11. The first kappa shape index (κ1) is 12.7. The first-order valence-electron chi connectivity index (χ1n) is 6.25. The molecule has 0 amide bonds. The molecule has 2 rings (SSSR count). The zero-order chi connectivity index (χ0) is 13.3. The quantitative estimate of drug-likeness (QED) is 0.656. The van der Waals surface area contributed by atoms with Gasteiger partial charge in [-0.1, -0.05) is 0 Å². The number of carbonyl (C=O) groups excluding carboxylic acids is 1. The molecule has 0 saturated heterocycles. The van der Waals surface area contributed by atoms with Crippen LogP contribution < -0.4 is 10.6 Å². The van der Waals surface area contributed by atoms with E-state index in [1.54, 1.807) is 12.1 Å². The summed E-state index contributed by atoms with van der Waals surface area (Å²) in [6.45, 7) is 2.21. The second-order valence-corrected chi connectivity index (χ2v) is 4.95. The van der Waals surface area contributed by atoms with Gasteiger partial charge in [0.2, 0.25) is 0 Å². The van der Waals surface area contributed by atoms with Gasteiger partial charge in [0.1, 0.15) is 0 Å². The van der Waals surface area contributed by atoms with E-state index < -0.39 is 0 Å². The molecule has 1 atom stereocenters. The van der Waals surface area contributed by atoms with Crippen LogP contribution in [0.15, 0.2) is 18.2 Å². The fourth-order valence-corrected chi connectivity index (χ4v) is 2.23. The van der Waals surface area contributed by atoms with Gasteiger partial charge in [0.15, 0.2) is 0 Å². The molecule has 0 aromatic heterocycles. The van der Waals surface area contributed by atoms with Gasteiger partial charge < -0.3 is 15.4 Å². The number of nitrogens with two attached hydrogens (primary N) is 1. The van der Waals surface area contributed by atoms with E-state index in [2.05, 4.69) is 16.6 Å². The highest BCUT2D eigenvalue weighted by Gasteiger charge is 2.31. The number of nitrogen functional groups attached to an aromatic ring is 1. The topological polar surface area (TPSA) is 55.6 Å². The lowest BCUT2D eigenvalue weighted by molar-refractivity contribution is 0.0601. The molecule has 0 radical (unpaired) electrons. The lowest BCUT2D eigenvalue weighted by Crippen LogP contribution is -2.31. The van der Waals surface area contributed by atoms with E-state index in [4.69, 9.17) is 5.73 Å². The second-order valence-electron chi connectivity index (χ2n) is 4.95. The third-order valence-corrected chi connectivity index (χ3v) is 3.74. The Hall–Kier alpha value is -1.71. The average molecular weight is 248 g/mol. The summed E-state index contributed by atoms with van der Waals surface area (Å²) in [4.78, 5) is 13.6. The van der Waals surface area contributed by atoms with Crippen LogP contribution in [0.25, 0.3) is 0 Å². The molecule has 4 nitrogen and oxygen atoms in total. The van der Waals surface area contributed by atoms with Gasteiger partial charge in [0.05, 0.1) is 24.0 Å². The highest BCUT2D eigenvalue weighted by Crippen LogP contribution is 2.37. The van der Waals surface area contributed by atoms with E-state index in [0.717, 1.165) is 11.6 Å². The number of nitrogens with zero attached hydrogens (tertiary/aromatic N) is 1. The predicted octanol–water partition coefficient (Wildman–Crippen LogP) is 2.29. The van der Waals surface area contributed by atoms with Crippen LogP contribution in [0.4, 0.5) is 11.4 Å². The fourth-order valence-electron chi connectivity index (χ4n) is 2.23. The number of ether oxygens (including phenoxy) is 1. The molecule has 1 aromatic rings. The predicted molar refractivity (Wildman–Crippen MR) is 72.8 cm³/mol. The maximum absolute atomic E-state index is 11.4. The van der Waals surface area contributed by atoms with Gasteiger partial charge in [0.25, 0.3) is 0 Å². The normalized spacial score (nSPS) is 16.2. The van der Waals surface area contributed by atoms with Crippen molar-refractivity contribution in [1.29, 1.82) is 0 Å². The SMILES string of the molecule is COC(=O)c1ccc(N(C)C(C)C2CC2)c(N)c1. The molecule has 1 fully saturated rings. The molecule has 1 aliphatic carbocycles. The molecule has 1 saturated carbocycles. The van der Waals surface area contributed by atoms with Crippen LogP contribution in [0.2, 0.25) is 0 Å². The molecule has 0 aliphatic heterocycles. The van der Waals surface area contributed by atoms with Gasteiger partial charge in [-0.3, -0.25) is 0 Å². The summed E-state index contributed by atoms with van der Waals surface area (Å²) in [5, 5.41) is 0. The molecule has 4 heteroatoms. The molecule has 98 valence electrons. The molecule has 2 N–H and O–H groups in total. The smallest absolute Gasteiger partial charge is 0.337 e. The van der Waals surface area contributed by atoms with Crippen LogP contribution in [0.5, 0.6) is 0 Å². The first-order valence-corrected chi connectivity index (χ1v) is 6.25. The third-order valence-electron chi connectivity index (χ3n) is 3.74. The van der Waals surface area contributed by atoms with Gasteiger partial charge in [-0.05, 0) is 43.9 Å². The Kier molecular flexibility index (Phi) is 3.45. The summed E-state index contributed by atoms with van der Waals surface area (Å²) in [6, 6.07) is 5.81. The van der Waals surface area contributed by atoms with Crippen molar-refractivity contribution >= 4 is 17.3 Å². The lowest BCUT2D eigenvalue weighted by atomic mass is 10.1. The number of esters is 1. The Morgan fingerprint density at radius 1 is 1.50 bits per heavy atom. The fraction of sp³-hybridized carbons (Fsp3) is 0.500. The molecular formula is C14H20N2O2. The summed E-state index contributed by atoms with van der Waals surface area (Å²) >= 11 is 0. The minimum Gasteiger partial charge on any atom is -0.465 e. The Labute approximate surface area is 108 Å². The Bertz CT molecular complexity index is 455. The molecule has 0 heterocycles. The number of hydrogen-bond donors (Lipinski definition) is 1. The minimum absolute atomic E-state index is 0.355. The van der Waals surface area contributed by atoms with E-state index in [1.807, 2.05) is 13.1 Å².